The van der Waals surface area contributed by atoms with Gasteiger partial charge in [-0.15, -0.1) is 0 Å². The van der Waals surface area contributed by atoms with Gasteiger partial charge in [0.25, 0.3) is 0 Å². The number of sulfonamides is 1. The maximum atomic E-state index is 12.8. The third kappa shape index (κ3) is 6.79. The molecule has 4 nitrogen and oxygen atoms in total. The molecular weight excluding hydrogens is 334 g/mol. The molecule has 0 amide bonds. The molecule has 1 aromatic carbocycles. The fourth-order valence-electron chi connectivity index (χ4n) is 2.38. The van der Waals surface area contributed by atoms with Crippen LogP contribution in [0.15, 0.2) is 29.2 Å². The summed E-state index contributed by atoms with van der Waals surface area (Å²) in [5.41, 5.74) is 0. The molecule has 0 saturated carbocycles. The van der Waals surface area contributed by atoms with Gasteiger partial charge in [-0.2, -0.15) is 4.31 Å². The number of benzene rings is 1. The number of hydrogen-bond donors (Lipinski definition) is 1. The maximum absolute atomic E-state index is 12.8. The molecule has 0 saturated heterocycles. The Balaban J connectivity index is 2.85. The largest absolute Gasteiger partial charge is 0.396 e. The molecule has 0 heterocycles. The van der Waals surface area contributed by atoms with E-state index >= 15 is 0 Å². The smallest absolute Gasteiger partial charge is 0.243 e. The molecule has 0 bridgehead atoms. The van der Waals surface area contributed by atoms with E-state index in [0.29, 0.717) is 30.5 Å². The van der Waals surface area contributed by atoms with E-state index in [9.17, 15) is 8.42 Å². The van der Waals surface area contributed by atoms with Crippen LogP contribution in [0.4, 0.5) is 0 Å². The molecule has 0 unspecified atom stereocenters. The highest BCUT2D eigenvalue weighted by Gasteiger charge is 2.24. The summed E-state index contributed by atoms with van der Waals surface area (Å²) >= 11 is 5.85. The lowest BCUT2D eigenvalue weighted by atomic mass is 10.0. The van der Waals surface area contributed by atoms with Crippen molar-refractivity contribution in [1.29, 1.82) is 0 Å². The van der Waals surface area contributed by atoms with Crippen LogP contribution >= 0.6 is 11.6 Å². The van der Waals surface area contributed by atoms with Gasteiger partial charge in [0, 0.05) is 24.7 Å². The Morgan fingerprint density at radius 2 is 1.78 bits per heavy atom. The van der Waals surface area contributed by atoms with Crippen LogP contribution in [0.3, 0.4) is 0 Å². The third-order valence-corrected chi connectivity index (χ3v) is 6.12. The molecule has 1 atom stereocenters. The summed E-state index contributed by atoms with van der Waals surface area (Å²) in [6.45, 7) is 5.29. The Morgan fingerprint density at radius 3 is 2.35 bits per heavy atom. The van der Waals surface area contributed by atoms with Gasteiger partial charge in [-0.1, -0.05) is 38.3 Å². The zero-order chi connectivity index (χ0) is 17.3. The first-order chi connectivity index (χ1) is 10.9. The Kier molecular flexibility index (Phi) is 9.14. The highest BCUT2D eigenvalue weighted by Crippen LogP contribution is 2.20. The van der Waals surface area contributed by atoms with E-state index in [1.807, 2.05) is 6.92 Å². The van der Waals surface area contributed by atoms with Crippen molar-refractivity contribution in [2.75, 3.05) is 19.7 Å². The van der Waals surface area contributed by atoms with E-state index in [0.717, 1.165) is 25.7 Å². The summed E-state index contributed by atoms with van der Waals surface area (Å²) < 4.78 is 27.3. The fraction of sp³-hybridized carbons (Fsp3) is 0.647. The number of rotatable bonds is 11. The van der Waals surface area contributed by atoms with Crippen molar-refractivity contribution < 1.29 is 13.5 Å². The topological polar surface area (TPSA) is 57.6 Å². The minimum Gasteiger partial charge on any atom is -0.396 e. The predicted molar refractivity (Wildman–Crippen MR) is 95.2 cm³/mol. The number of nitrogens with zero attached hydrogens (tertiary/aromatic N) is 1. The van der Waals surface area contributed by atoms with E-state index < -0.39 is 10.0 Å². The summed E-state index contributed by atoms with van der Waals surface area (Å²) in [6.07, 6.45) is 4.37. The molecule has 1 N–H and O–H groups in total. The van der Waals surface area contributed by atoms with Gasteiger partial charge >= 0.3 is 0 Å². The van der Waals surface area contributed by atoms with Gasteiger partial charge in [-0.3, -0.25) is 0 Å². The minimum atomic E-state index is -3.50. The summed E-state index contributed by atoms with van der Waals surface area (Å²) in [6, 6.07) is 6.32. The second-order valence-electron chi connectivity index (χ2n) is 5.97. The number of aliphatic hydroxyl groups is 1. The molecule has 0 fully saturated rings. The normalized spacial score (nSPS) is 13.4. The SMILES string of the molecule is CCCCCN(CC[C@@H](C)CCO)S(=O)(=O)c1ccc(Cl)cc1. The van der Waals surface area contributed by atoms with E-state index in [-0.39, 0.29) is 11.5 Å². The van der Waals surface area contributed by atoms with Crippen LogP contribution in [0, 0.1) is 5.92 Å². The van der Waals surface area contributed by atoms with E-state index in [2.05, 4.69) is 6.92 Å². The fourth-order valence-corrected chi connectivity index (χ4v) is 3.99. The first kappa shape index (κ1) is 20.4. The van der Waals surface area contributed by atoms with Crippen LogP contribution in [0.1, 0.15) is 46.0 Å². The van der Waals surface area contributed by atoms with Crippen LogP contribution in [0.2, 0.25) is 5.02 Å². The van der Waals surface area contributed by atoms with Crippen molar-refractivity contribution in [1.82, 2.24) is 4.31 Å². The van der Waals surface area contributed by atoms with Gasteiger partial charge in [0.05, 0.1) is 4.90 Å². The van der Waals surface area contributed by atoms with Crippen molar-refractivity contribution in [3.63, 3.8) is 0 Å². The highest BCUT2D eigenvalue weighted by atomic mass is 35.5. The second-order valence-corrected chi connectivity index (χ2v) is 8.35. The molecule has 132 valence electrons. The molecule has 0 aromatic heterocycles. The summed E-state index contributed by atoms with van der Waals surface area (Å²) in [4.78, 5) is 0.285. The molecular formula is C17H28ClNO3S. The molecule has 0 aliphatic heterocycles. The Bertz CT molecular complexity index is 545. The molecule has 0 spiro atoms. The average Bonchev–Trinajstić information content (AvgIpc) is 2.51. The van der Waals surface area contributed by atoms with Crippen LogP contribution in [-0.2, 0) is 10.0 Å². The third-order valence-electron chi connectivity index (χ3n) is 3.96. The van der Waals surface area contributed by atoms with Gasteiger partial charge in [-0.05, 0) is 49.4 Å². The molecule has 0 radical (unpaired) electrons. The van der Waals surface area contributed by atoms with Crippen LogP contribution < -0.4 is 0 Å². The van der Waals surface area contributed by atoms with E-state index in [4.69, 9.17) is 16.7 Å². The molecule has 1 aromatic rings. The molecule has 0 aliphatic rings. The number of halogens is 1. The van der Waals surface area contributed by atoms with Crippen molar-refractivity contribution >= 4 is 21.6 Å². The first-order valence-corrected chi connectivity index (χ1v) is 10.1. The molecule has 23 heavy (non-hydrogen) atoms. The first-order valence-electron chi connectivity index (χ1n) is 8.28. The standard InChI is InChI=1S/C17H28ClNO3S/c1-3-4-5-12-19(13-10-15(2)11-14-20)23(21,22)17-8-6-16(18)7-9-17/h6-9,15,20H,3-5,10-14H2,1-2H3/t15-/m1/s1. The van der Waals surface area contributed by atoms with Gasteiger partial charge in [0.1, 0.15) is 0 Å². The Morgan fingerprint density at radius 1 is 1.13 bits per heavy atom. The van der Waals surface area contributed by atoms with Crippen LogP contribution in [0.5, 0.6) is 0 Å². The van der Waals surface area contributed by atoms with Crippen LogP contribution in [-0.4, -0.2) is 37.5 Å². The summed E-state index contributed by atoms with van der Waals surface area (Å²) in [5.74, 6) is 0.300. The highest BCUT2D eigenvalue weighted by molar-refractivity contribution is 7.89. The van der Waals surface area contributed by atoms with Crippen molar-refractivity contribution in [2.45, 2.75) is 50.8 Å². The minimum absolute atomic E-state index is 0.140. The van der Waals surface area contributed by atoms with Gasteiger partial charge in [-0.25, -0.2) is 8.42 Å². The predicted octanol–water partition coefficient (Wildman–Crippen LogP) is 3.93. The number of hydrogen-bond acceptors (Lipinski definition) is 3. The lowest BCUT2D eigenvalue weighted by Gasteiger charge is -2.23. The zero-order valence-corrected chi connectivity index (χ0v) is 15.6. The molecule has 0 aliphatic carbocycles. The zero-order valence-electron chi connectivity index (χ0n) is 14.0. The Hall–Kier alpha value is -0.620. The van der Waals surface area contributed by atoms with E-state index in [1.165, 1.54) is 0 Å². The Labute approximate surface area is 145 Å². The van der Waals surface area contributed by atoms with Crippen LogP contribution in [0.25, 0.3) is 0 Å². The maximum Gasteiger partial charge on any atom is 0.243 e. The average molecular weight is 362 g/mol. The number of aliphatic hydroxyl groups excluding tert-OH is 1. The van der Waals surface area contributed by atoms with E-state index in [1.54, 1.807) is 28.6 Å². The van der Waals surface area contributed by atoms with Crippen molar-refractivity contribution in [2.24, 2.45) is 5.92 Å². The lowest BCUT2D eigenvalue weighted by Crippen LogP contribution is -2.33. The molecule has 6 heteroatoms. The van der Waals surface area contributed by atoms with Gasteiger partial charge in [0.2, 0.25) is 10.0 Å². The number of unbranched alkanes of at least 4 members (excludes halogenated alkanes) is 2. The summed E-state index contributed by atoms with van der Waals surface area (Å²) in [5, 5.41) is 9.52. The second kappa shape index (κ2) is 10.3. The van der Waals surface area contributed by atoms with Gasteiger partial charge in [0.15, 0.2) is 0 Å². The molecule has 1 rings (SSSR count). The summed E-state index contributed by atoms with van der Waals surface area (Å²) in [7, 11) is -3.50. The monoisotopic (exact) mass is 361 g/mol. The van der Waals surface area contributed by atoms with Crippen molar-refractivity contribution in [3.8, 4) is 0 Å². The quantitative estimate of drug-likeness (QED) is 0.607. The van der Waals surface area contributed by atoms with Gasteiger partial charge < -0.3 is 5.11 Å². The van der Waals surface area contributed by atoms with Crippen molar-refractivity contribution in [3.05, 3.63) is 29.3 Å². The lowest BCUT2D eigenvalue weighted by molar-refractivity contribution is 0.251.